The molecule has 22 heavy (non-hydrogen) atoms. The van der Waals surface area contributed by atoms with Crippen molar-refractivity contribution in [2.75, 3.05) is 19.8 Å². The van der Waals surface area contributed by atoms with Crippen LogP contribution in [-0.2, 0) is 4.74 Å². The number of hydrogen-bond acceptors (Lipinski definition) is 5. The van der Waals surface area contributed by atoms with Crippen molar-refractivity contribution >= 4 is 0 Å². The second-order valence-corrected chi connectivity index (χ2v) is 5.07. The Kier molecular flexibility index (Phi) is 4.58. The summed E-state index contributed by atoms with van der Waals surface area (Å²) in [6, 6.07) is 5.75. The highest BCUT2D eigenvalue weighted by atomic mass is 16.5. The monoisotopic (exact) mass is 303 g/mol. The van der Waals surface area contributed by atoms with Gasteiger partial charge in [0.25, 0.3) is 0 Å². The van der Waals surface area contributed by atoms with Crippen molar-refractivity contribution in [1.29, 1.82) is 0 Å². The van der Waals surface area contributed by atoms with Gasteiger partial charge < -0.3 is 14.2 Å². The average Bonchev–Trinajstić information content (AvgIpc) is 3.20. The molecular formula is C16H21N3O3. The highest BCUT2D eigenvalue weighted by Gasteiger charge is 2.22. The third kappa shape index (κ3) is 3.06. The van der Waals surface area contributed by atoms with Crippen LogP contribution in [0.4, 0.5) is 0 Å². The number of H-pyrrole nitrogens is 1. The standard InChI is InChI=1S/C16H21N3O3/c1-3-20-12-8-7-11(10-14(12)21-4-2)15-17-16(19-18-15)13-6-5-9-22-13/h7-8,10,13H,3-6,9H2,1-2H3,(H,17,18,19). The van der Waals surface area contributed by atoms with Crippen molar-refractivity contribution in [1.82, 2.24) is 15.2 Å². The molecule has 0 radical (unpaired) electrons. The summed E-state index contributed by atoms with van der Waals surface area (Å²) in [5.41, 5.74) is 0.896. The van der Waals surface area contributed by atoms with E-state index in [1.54, 1.807) is 0 Å². The zero-order valence-corrected chi connectivity index (χ0v) is 13.0. The van der Waals surface area contributed by atoms with Gasteiger partial charge in [-0.2, -0.15) is 5.10 Å². The normalized spacial score (nSPS) is 17.6. The molecule has 6 heteroatoms. The zero-order chi connectivity index (χ0) is 15.4. The second kappa shape index (κ2) is 6.79. The number of nitrogens with zero attached hydrogens (tertiary/aromatic N) is 2. The van der Waals surface area contributed by atoms with Gasteiger partial charge in [-0.3, -0.25) is 5.10 Å². The van der Waals surface area contributed by atoms with E-state index in [2.05, 4.69) is 15.2 Å². The lowest BCUT2D eigenvalue weighted by Crippen LogP contribution is -1.99. The zero-order valence-electron chi connectivity index (χ0n) is 13.0. The summed E-state index contributed by atoms with van der Waals surface area (Å²) in [4.78, 5) is 4.55. The van der Waals surface area contributed by atoms with Crippen LogP contribution >= 0.6 is 0 Å². The van der Waals surface area contributed by atoms with Crippen molar-refractivity contribution in [2.45, 2.75) is 32.8 Å². The predicted molar refractivity (Wildman–Crippen MR) is 82.1 cm³/mol. The minimum atomic E-state index is 0.0373. The number of nitrogens with one attached hydrogen (secondary N) is 1. The minimum absolute atomic E-state index is 0.0373. The van der Waals surface area contributed by atoms with Crippen molar-refractivity contribution in [3.63, 3.8) is 0 Å². The third-order valence-corrected chi connectivity index (χ3v) is 3.54. The van der Waals surface area contributed by atoms with E-state index < -0.39 is 0 Å². The number of benzene rings is 1. The maximum Gasteiger partial charge on any atom is 0.181 e. The molecule has 1 N–H and O–H groups in total. The lowest BCUT2D eigenvalue weighted by molar-refractivity contribution is 0.105. The van der Waals surface area contributed by atoms with Gasteiger partial charge in [-0.15, -0.1) is 0 Å². The van der Waals surface area contributed by atoms with Crippen LogP contribution in [0.5, 0.6) is 11.5 Å². The second-order valence-electron chi connectivity index (χ2n) is 5.07. The number of rotatable bonds is 6. The predicted octanol–water partition coefficient (Wildman–Crippen LogP) is 3.12. The molecule has 118 valence electrons. The fourth-order valence-electron chi connectivity index (χ4n) is 2.53. The minimum Gasteiger partial charge on any atom is -0.490 e. The van der Waals surface area contributed by atoms with Gasteiger partial charge in [0, 0.05) is 12.2 Å². The smallest absolute Gasteiger partial charge is 0.181 e. The van der Waals surface area contributed by atoms with E-state index >= 15 is 0 Å². The van der Waals surface area contributed by atoms with E-state index in [0.717, 1.165) is 36.6 Å². The molecule has 0 spiro atoms. The van der Waals surface area contributed by atoms with E-state index in [1.807, 2.05) is 32.0 Å². The molecule has 6 nitrogen and oxygen atoms in total. The Bertz CT molecular complexity index is 621. The van der Waals surface area contributed by atoms with Crippen LogP contribution in [0, 0.1) is 0 Å². The molecule has 1 atom stereocenters. The molecule has 3 rings (SSSR count). The molecule has 1 aliphatic heterocycles. The Morgan fingerprint density at radius 2 is 2.05 bits per heavy atom. The molecule has 2 heterocycles. The van der Waals surface area contributed by atoms with Gasteiger partial charge in [0.15, 0.2) is 23.1 Å². The molecule has 1 saturated heterocycles. The summed E-state index contributed by atoms with van der Waals surface area (Å²) >= 11 is 0. The lowest BCUT2D eigenvalue weighted by Gasteiger charge is -2.11. The molecule has 0 bridgehead atoms. The number of aromatic nitrogens is 3. The Hall–Kier alpha value is -2.08. The first-order valence-electron chi connectivity index (χ1n) is 7.75. The van der Waals surface area contributed by atoms with E-state index in [1.165, 1.54) is 0 Å². The Morgan fingerprint density at radius 3 is 2.77 bits per heavy atom. The molecule has 1 unspecified atom stereocenters. The van der Waals surface area contributed by atoms with Crippen LogP contribution in [0.3, 0.4) is 0 Å². The number of ether oxygens (including phenoxy) is 3. The first-order valence-corrected chi connectivity index (χ1v) is 7.75. The van der Waals surface area contributed by atoms with Crippen LogP contribution in [0.15, 0.2) is 18.2 Å². The summed E-state index contributed by atoms with van der Waals surface area (Å²) in [5, 5.41) is 7.27. The quantitative estimate of drug-likeness (QED) is 0.888. The van der Waals surface area contributed by atoms with Gasteiger partial charge >= 0.3 is 0 Å². The van der Waals surface area contributed by atoms with Crippen molar-refractivity contribution in [2.24, 2.45) is 0 Å². The first-order chi connectivity index (χ1) is 10.8. The number of hydrogen-bond donors (Lipinski definition) is 1. The van der Waals surface area contributed by atoms with Gasteiger partial charge in [0.1, 0.15) is 6.10 Å². The van der Waals surface area contributed by atoms with Gasteiger partial charge in [0.05, 0.1) is 13.2 Å². The van der Waals surface area contributed by atoms with Crippen molar-refractivity contribution in [3.8, 4) is 22.9 Å². The van der Waals surface area contributed by atoms with E-state index in [-0.39, 0.29) is 6.10 Å². The maximum absolute atomic E-state index is 5.64. The fourth-order valence-corrected chi connectivity index (χ4v) is 2.53. The first kappa shape index (κ1) is 14.8. The third-order valence-electron chi connectivity index (χ3n) is 3.54. The van der Waals surface area contributed by atoms with E-state index in [9.17, 15) is 0 Å². The Balaban J connectivity index is 1.85. The van der Waals surface area contributed by atoms with E-state index in [4.69, 9.17) is 14.2 Å². The SMILES string of the molecule is CCOc1ccc(-c2n[nH]c(C3CCCO3)n2)cc1OCC. The summed E-state index contributed by atoms with van der Waals surface area (Å²) in [6.07, 6.45) is 2.09. The van der Waals surface area contributed by atoms with E-state index in [0.29, 0.717) is 24.8 Å². The maximum atomic E-state index is 5.64. The largest absolute Gasteiger partial charge is 0.490 e. The van der Waals surface area contributed by atoms with Crippen LogP contribution in [-0.4, -0.2) is 35.0 Å². The van der Waals surface area contributed by atoms with Gasteiger partial charge in [0.2, 0.25) is 0 Å². The topological polar surface area (TPSA) is 69.3 Å². The van der Waals surface area contributed by atoms with Crippen LogP contribution in [0.25, 0.3) is 11.4 Å². The molecule has 1 aromatic carbocycles. The molecule has 0 aliphatic carbocycles. The molecule has 0 saturated carbocycles. The molecule has 0 amide bonds. The Morgan fingerprint density at radius 1 is 1.23 bits per heavy atom. The van der Waals surface area contributed by atoms with Gasteiger partial charge in [-0.1, -0.05) is 0 Å². The molecule has 1 fully saturated rings. The molecular weight excluding hydrogens is 282 g/mol. The lowest BCUT2D eigenvalue weighted by atomic mass is 10.2. The summed E-state index contributed by atoms with van der Waals surface area (Å²) in [6.45, 7) is 5.87. The van der Waals surface area contributed by atoms with Gasteiger partial charge in [-0.05, 0) is 44.9 Å². The van der Waals surface area contributed by atoms with Crippen LogP contribution < -0.4 is 9.47 Å². The molecule has 2 aromatic rings. The summed E-state index contributed by atoms with van der Waals surface area (Å²) in [5.74, 6) is 2.89. The van der Waals surface area contributed by atoms with Gasteiger partial charge in [-0.25, -0.2) is 4.98 Å². The number of aromatic amines is 1. The van der Waals surface area contributed by atoms with Crippen molar-refractivity contribution in [3.05, 3.63) is 24.0 Å². The molecule has 1 aliphatic rings. The Labute approximate surface area is 129 Å². The molecule has 1 aromatic heterocycles. The van der Waals surface area contributed by atoms with Crippen LogP contribution in [0.1, 0.15) is 38.6 Å². The fraction of sp³-hybridized carbons (Fsp3) is 0.500. The van der Waals surface area contributed by atoms with Crippen LogP contribution in [0.2, 0.25) is 0 Å². The highest BCUT2D eigenvalue weighted by Crippen LogP contribution is 2.33. The summed E-state index contributed by atoms with van der Waals surface area (Å²) < 4.78 is 16.8. The van der Waals surface area contributed by atoms with Crippen molar-refractivity contribution < 1.29 is 14.2 Å². The average molecular weight is 303 g/mol. The highest BCUT2D eigenvalue weighted by molar-refractivity contribution is 5.60. The summed E-state index contributed by atoms with van der Waals surface area (Å²) in [7, 11) is 0.